The number of ether oxygens (including phenoxy) is 2. The van der Waals surface area contributed by atoms with Gasteiger partial charge in [-0.1, -0.05) is 6.92 Å². The lowest BCUT2D eigenvalue weighted by atomic mass is 9.98. The van der Waals surface area contributed by atoms with E-state index < -0.39 is 5.60 Å². The number of carbonyl (C=O) groups excluding carboxylic acids is 1. The van der Waals surface area contributed by atoms with Crippen LogP contribution in [0.2, 0.25) is 0 Å². The average molecular weight is 333 g/mol. The monoisotopic (exact) mass is 333 g/mol. The summed E-state index contributed by atoms with van der Waals surface area (Å²) in [6.07, 6.45) is 3.16. The SMILES string of the molecule is CCCO[C@@](C)(C(=O)Nc1cc(C)c(OC(C)C)c(C)c1)C1CC1. The molecule has 0 heterocycles. The van der Waals surface area contributed by atoms with E-state index in [1.54, 1.807) is 0 Å². The van der Waals surface area contributed by atoms with Crippen molar-refractivity contribution in [3.63, 3.8) is 0 Å². The molecule has 0 aromatic heterocycles. The molecule has 24 heavy (non-hydrogen) atoms. The van der Waals surface area contributed by atoms with E-state index in [9.17, 15) is 4.79 Å². The van der Waals surface area contributed by atoms with Crippen molar-refractivity contribution in [2.24, 2.45) is 5.92 Å². The summed E-state index contributed by atoms with van der Waals surface area (Å²) in [6.45, 7) is 12.6. The van der Waals surface area contributed by atoms with Crippen molar-refractivity contribution in [1.29, 1.82) is 0 Å². The predicted molar refractivity (Wildman–Crippen MR) is 97.7 cm³/mol. The van der Waals surface area contributed by atoms with Crippen LogP contribution in [0.3, 0.4) is 0 Å². The third-order valence-electron chi connectivity index (χ3n) is 4.49. The molecule has 0 bridgehead atoms. The molecule has 1 saturated carbocycles. The molecule has 4 heteroatoms. The van der Waals surface area contributed by atoms with Gasteiger partial charge in [0, 0.05) is 12.3 Å². The first-order valence-electron chi connectivity index (χ1n) is 9.01. The fourth-order valence-corrected chi connectivity index (χ4v) is 3.02. The normalized spacial score (nSPS) is 16.8. The molecular formula is C20H31NO3. The summed E-state index contributed by atoms with van der Waals surface area (Å²) in [6, 6.07) is 3.94. The molecule has 0 aliphatic heterocycles. The Hall–Kier alpha value is -1.55. The summed E-state index contributed by atoms with van der Waals surface area (Å²) in [5.74, 6) is 1.18. The van der Waals surface area contributed by atoms with Crippen LogP contribution in [0, 0.1) is 19.8 Å². The van der Waals surface area contributed by atoms with Crippen LogP contribution in [0.4, 0.5) is 5.69 Å². The highest BCUT2D eigenvalue weighted by Crippen LogP contribution is 2.42. The summed E-state index contributed by atoms with van der Waals surface area (Å²) in [5, 5.41) is 3.06. The maximum Gasteiger partial charge on any atom is 0.256 e. The maximum absolute atomic E-state index is 12.8. The second kappa shape index (κ2) is 7.56. The fourth-order valence-electron chi connectivity index (χ4n) is 3.02. The molecule has 1 aromatic carbocycles. The van der Waals surface area contributed by atoms with Crippen LogP contribution in [0.25, 0.3) is 0 Å². The van der Waals surface area contributed by atoms with Gasteiger partial charge >= 0.3 is 0 Å². The number of carbonyl (C=O) groups is 1. The molecule has 0 radical (unpaired) electrons. The Morgan fingerprint density at radius 1 is 1.29 bits per heavy atom. The van der Waals surface area contributed by atoms with Gasteiger partial charge in [-0.25, -0.2) is 0 Å². The lowest BCUT2D eigenvalue weighted by molar-refractivity contribution is -0.142. The molecule has 1 atom stereocenters. The summed E-state index contributed by atoms with van der Waals surface area (Å²) in [5.41, 5.74) is 2.13. The van der Waals surface area contributed by atoms with E-state index in [-0.39, 0.29) is 12.0 Å². The maximum atomic E-state index is 12.8. The Morgan fingerprint density at radius 2 is 1.88 bits per heavy atom. The number of rotatable bonds is 8. The number of amides is 1. The van der Waals surface area contributed by atoms with Crippen molar-refractivity contribution in [1.82, 2.24) is 0 Å². The third-order valence-corrected chi connectivity index (χ3v) is 4.49. The van der Waals surface area contributed by atoms with Crippen LogP contribution in [0.1, 0.15) is 58.1 Å². The van der Waals surface area contributed by atoms with Gasteiger partial charge in [0.25, 0.3) is 5.91 Å². The first kappa shape index (κ1) is 18.8. The van der Waals surface area contributed by atoms with Crippen LogP contribution in [-0.2, 0) is 9.53 Å². The van der Waals surface area contributed by atoms with E-state index in [2.05, 4.69) is 12.2 Å². The summed E-state index contributed by atoms with van der Waals surface area (Å²) in [7, 11) is 0. The Bertz CT molecular complexity index is 570. The summed E-state index contributed by atoms with van der Waals surface area (Å²) in [4.78, 5) is 12.8. The van der Waals surface area contributed by atoms with E-state index in [1.807, 2.05) is 46.8 Å². The first-order valence-corrected chi connectivity index (χ1v) is 9.01. The second-order valence-corrected chi connectivity index (χ2v) is 7.29. The van der Waals surface area contributed by atoms with Crippen molar-refractivity contribution in [3.8, 4) is 5.75 Å². The number of hydrogen-bond donors (Lipinski definition) is 1. The Balaban J connectivity index is 2.16. The van der Waals surface area contributed by atoms with Crippen LogP contribution in [0.5, 0.6) is 5.75 Å². The zero-order chi connectivity index (χ0) is 17.9. The highest BCUT2D eigenvalue weighted by atomic mass is 16.5. The summed E-state index contributed by atoms with van der Waals surface area (Å²) >= 11 is 0. The molecule has 1 amide bonds. The molecule has 1 N–H and O–H groups in total. The Kier molecular flexibility index (Phi) is 5.92. The highest BCUT2D eigenvalue weighted by molar-refractivity contribution is 5.97. The second-order valence-electron chi connectivity index (χ2n) is 7.29. The summed E-state index contributed by atoms with van der Waals surface area (Å²) < 4.78 is 11.8. The molecule has 2 rings (SSSR count). The van der Waals surface area contributed by atoms with Gasteiger partial charge in [-0.2, -0.15) is 0 Å². The van der Waals surface area contributed by atoms with Gasteiger partial charge < -0.3 is 14.8 Å². The third kappa shape index (κ3) is 4.29. The molecule has 0 unspecified atom stereocenters. The van der Waals surface area contributed by atoms with Gasteiger partial charge in [-0.05, 0) is 83.1 Å². The quantitative estimate of drug-likeness (QED) is 0.755. The van der Waals surface area contributed by atoms with Gasteiger partial charge in [0.1, 0.15) is 11.4 Å². The standard InChI is InChI=1S/C20H31NO3/c1-7-10-23-20(6,16-8-9-16)19(22)21-17-11-14(4)18(15(5)12-17)24-13(2)3/h11-13,16H,7-10H2,1-6H3,(H,21,22)/t20-/m1/s1. The highest BCUT2D eigenvalue weighted by Gasteiger charge is 2.48. The minimum Gasteiger partial charge on any atom is -0.490 e. The number of benzene rings is 1. The molecule has 1 aliphatic carbocycles. The van der Waals surface area contributed by atoms with E-state index >= 15 is 0 Å². The lowest BCUT2D eigenvalue weighted by Gasteiger charge is -2.29. The van der Waals surface area contributed by atoms with Crippen molar-refractivity contribution in [3.05, 3.63) is 23.3 Å². The molecule has 0 saturated heterocycles. The van der Waals surface area contributed by atoms with Crippen molar-refractivity contribution >= 4 is 11.6 Å². The molecule has 0 spiro atoms. The predicted octanol–water partition coefficient (Wildman–Crippen LogP) is 4.62. The van der Waals surface area contributed by atoms with E-state index in [4.69, 9.17) is 9.47 Å². The van der Waals surface area contributed by atoms with Crippen LogP contribution < -0.4 is 10.1 Å². The minimum absolute atomic E-state index is 0.0465. The largest absolute Gasteiger partial charge is 0.490 e. The minimum atomic E-state index is -0.731. The molecule has 134 valence electrons. The fraction of sp³-hybridized carbons (Fsp3) is 0.650. The average Bonchev–Trinajstić information content (AvgIpc) is 3.33. The number of hydrogen-bond acceptors (Lipinski definition) is 3. The Morgan fingerprint density at radius 3 is 2.33 bits per heavy atom. The van der Waals surface area contributed by atoms with Crippen LogP contribution >= 0.6 is 0 Å². The number of anilines is 1. The lowest BCUT2D eigenvalue weighted by Crippen LogP contribution is -2.45. The van der Waals surface area contributed by atoms with Crippen molar-refractivity contribution in [2.45, 2.75) is 72.5 Å². The van der Waals surface area contributed by atoms with Gasteiger partial charge in [-0.3, -0.25) is 4.79 Å². The van der Waals surface area contributed by atoms with Gasteiger partial charge in [0.2, 0.25) is 0 Å². The van der Waals surface area contributed by atoms with Crippen molar-refractivity contribution in [2.75, 3.05) is 11.9 Å². The van der Waals surface area contributed by atoms with Crippen LogP contribution in [-0.4, -0.2) is 24.2 Å². The first-order chi connectivity index (χ1) is 11.3. The molecule has 1 aliphatic rings. The van der Waals surface area contributed by atoms with Gasteiger partial charge in [0.15, 0.2) is 0 Å². The molecular weight excluding hydrogens is 302 g/mol. The topological polar surface area (TPSA) is 47.6 Å². The van der Waals surface area contributed by atoms with Gasteiger partial charge in [0.05, 0.1) is 6.10 Å². The Labute approximate surface area is 145 Å². The zero-order valence-corrected chi connectivity index (χ0v) is 15.9. The molecule has 1 aromatic rings. The number of aryl methyl sites for hydroxylation is 2. The van der Waals surface area contributed by atoms with Crippen LogP contribution in [0.15, 0.2) is 12.1 Å². The van der Waals surface area contributed by atoms with Crippen molar-refractivity contribution < 1.29 is 14.3 Å². The smallest absolute Gasteiger partial charge is 0.256 e. The zero-order valence-electron chi connectivity index (χ0n) is 15.9. The van der Waals surface area contributed by atoms with E-state index in [0.29, 0.717) is 12.5 Å². The molecule has 1 fully saturated rings. The van der Waals surface area contributed by atoms with E-state index in [0.717, 1.165) is 41.8 Å². The van der Waals surface area contributed by atoms with E-state index in [1.165, 1.54) is 0 Å². The van der Waals surface area contributed by atoms with Gasteiger partial charge in [-0.15, -0.1) is 0 Å². The molecule has 4 nitrogen and oxygen atoms in total. The number of nitrogens with one attached hydrogen (secondary N) is 1.